The van der Waals surface area contributed by atoms with Gasteiger partial charge in [0.1, 0.15) is 5.78 Å². The molecule has 4 aliphatic rings. The SMILES string of the molecule is CCC[C@@H](C)C1CCC2C3C(=O)[C@H](CC)C4C[C@H](O)CC[C@]4(C)C3CC[C@@]21C. The molecule has 4 fully saturated rings. The highest BCUT2D eigenvalue weighted by Gasteiger charge is 2.64. The van der Waals surface area contributed by atoms with Crippen LogP contribution in [0.3, 0.4) is 0 Å². The molecule has 2 nitrogen and oxygen atoms in total. The van der Waals surface area contributed by atoms with Gasteiger partial charge in [0.05, 0.1) is 6.10 Å². The molecule has 1 N–H and O–H groups in total. The zero-order valence-electron chi connectivity index (χ0n) is 19.0. The Hall–Kier alpha value is -0.370. The van der Waals surface area contributed by atoms with Crippen LogP contribution in [0.2, 0.25) is 0 Å². The van der Waals surface area contributed by atoms with E-state index in [2.05, 4.69) is 34.6 Å². The molecule has 0 aromatic carbocycles. The summed E-state index contributed by atoms with van der Waals surface area (Å²) in [6, 6.07) is 0. The van der Waals surface area contributed by atoms with Gasteiger partial charge in [0.25, 0.3) is 0 Å². The van der Waals surface area contributed by atoms with E-state index >= 15 is 0 Å². The number of carbonyl (C=O) groups is 1. The number of Topliss-reactive ketones (excluding diaryl/α,β-unsaturated/α-hetero) is 1. The minimum absolute atomic E-state index is 0.184. The molecule has 0 heterocycles. The highest BCUT2D eigenvalue weighted by molar-refractivity contribution is 5.86. The van der Waals surface area contributed by atoms with Crippen LogP contribution in [-0.4, -0.2) is 17.0 Å². The van der Waals surface area contributed by atoms with Gasteiger partial charge in [-0.1, -0.05) is 47.5 Å². The van der Waals surface area contributed by atoms with E-state index in [4.69, 9.17) is 0 Å². The second kappa shape index (κ2) is 7.40. The predicted molar refractivity (Wildman–Crippen MR) is 115 cm³/mol. The van der Waals surface area contributed by atoms with E-state index in [-0.39, 0.29) is 17.4 Å². The van der Waals surface area contributed by atoms with Crippen molar-refractivity contribution < 1.29 is 9.90 Å². The Kier molecular flexibility index (Phi) is 5.52. The Morgan fingerprint density at radius 1 is 1.00 bits per heavy atom. The molecular weight excluding hydrogens is 344 g/mol. The third kappa shape index (κ3) is 2.87. The molecule has 4 aliphatic carbocycles. The van der Waals surface area contributed by atoms with Gasteiger partial charge >= 0.3 is 0 Å². The van der Waals surface area contributed by atoms with E-state index in [9.17, 15) is 9.90 Å². The van der Waals surface area contributed by atoms with E-state index < -0.39 is 0 Å². The molecule has 0 spiro atoms. The lowest BCUT2D eigenvalue weighted by Crippen LogP contribution is -2.60. The van der Waals surface area contributed by atoms with Crippen molar-refractivity contribution in [2.45, 2.75) is 105 Å². The number of aliphatic hydroxyl groups excluding tert-OH is 1. The zero-order chi connectivity index (χ0) is 20.3. The van der Waals surface area contributed by atoms with Crippen molar-refractivity contribution in [3.05, 3.63) is 0 Å². The lowest BCUT2D eigenvalue weighted by molar-refractivity contribution is -0.173. The Morgan fingerprint density at radius 3 is 2.36 bits per heavy atom. The summed E-state index contributed by atoms with van der Waals surface area (Å²) < 4.78 is 0. The molecule has 4 rings (SSSR count). The van der Waals surface area contributed by atoms with Gasteiger partial charge in [0, 0.05) is 11.8 Å². The number of carbonyl (C=O) groups excluding carboxylic acids is 1. The third-order valence-electron chi connectivity index (χ3n) is 10.6. The summed E-state index contributed by atoms with van der Waals surface area (Å²) in [5.74, 6) is 4.30. The van der Waals surface area contributed by atoms with Crippen LogP contribution in [0.25, 0.3) is 0 Å². The molecule has 2 heteroatoms. The first-order valence-corrected chi connectivity index (χ1v) is 12.5. The fourth-order valence-corrected chi connectivity index (χ4v) is 9.27. The standard InChI is InChI=1S/C26H44O2/c1-6-8-16(3)19-9-10-20-23-21(12-14-25(19,20)4)26(5)13-11-17(27)15-22(26)18(7-2)24(23)28/h16-23,27H,6-15H2,1-5H3/t16-,17-,18-,19?,20?,21?,22?,23?,25-,26-/m1/s1. The van der Waals surface area contributed by atoms with Crippen molar-refractivity contribution in [1.82, 2.24) is 0 Å². The second-order valence-corrected chi connectivity index (χ2v) is 11.7. The third-order valence-corrected chi connectivity index (χ3v) is 10.6. The Balaban J connectivity index is 1.68. The molecule has 0 bridgehead atoms. The second-order valence-electron chi connectivity index (χ2n) is 11.7. The summed E-state index contributed by atoms with van der Waals surface area (Å²) in [7, 11) is 0. The number of fused-ring (bicyclic) bond motifs is 5. The summed E-state index contributed by atoms with van der Waals surface area (Å²) in [5.41, 5.74) is 0.647. The van der Waals surface area contributed by atoms with Crippen LogP contribution in [0.15, 0.2) is 0 Å². The first kappa shape index (κ1) is 20.9. The van der Waals surface area contributed by atoms with Gasteiger partial charge in [0.15, 0.2) is 0 Å². The quantitative estimate of drug-likeness (QED) is 0.617. The van der Waals surface area contributed by atoms with Crippen molar-refractivity contribution in [1.29, 1.82) is 0 Å². The van der Waals surface area contributed by atoms with Crippen LogP contribution in [0.5, 0.6) is 0 Å². The van der Waals surface area contributed by atoms with Crippen molar-refractivity contribution in [3.63, 3.8) is 0 Å². The summed E-state index contributed by atoms with van der Waals surface area (Å²) in [4.78, 5) is 13.9. The fourth-order valence-electron chi connectivity index (χ4n) is 9.27. The topological polar surface area (TPSA) is 37.3 Å². The van der Waals surface area contributed by atoms with Crippen molar-refractivity contribution in [2.75, 3.05) is 0 Å². The molecule has 28 heavy (non-hydrogen) atoms. The van der Waals surface area contributed by atoms with Crippen LogP contribution in [0, 0.1) is 52.3 Å². The lowest BCUT2D eigenvalue weighted by atomic mass is 9.42. The largest absolute Gasteiger partial charge is 0.393 e. The van der Waals surface area contributed by atoms with Crippen LogP contribution in [0.4, 0.5) is 0 Å². The predicted octanol–water partition coefficient (Wildman–Crippen LogP) is 6.26. The van der Waals surface area contributed by atoms with Crippen LogP contribution >= 0.6 is 0 Å². The van der Waals surface area contributed by atoms with Crippen molar-refractivity contribution in [2.24, 2.45) is 52.3 Å². The van der Waals surface area contributed by atoms with E-state index in [1.165, 1.54) is 38.5 Å². The Bertz CT molecular complexity index is 599. The van der Waals surface area contributed by atoms with Gasteiger partial charge in [-0.25, -0.2) is 0 Å². The maximum absolute atomic E-state index is 13.9. The van der Waals surface area contributed by atoms with Crippen molar-refractivity contribution >= 4 is 5.78 Å². The average Bonchev–Trinajstić information content (AvgIpc) is 3.01. The van der Waals surface area contributed by atoms with Crippen LogP contribution in [-0.2, 0) is 4.79 Å². The first-order valence-electron chi connectivity index (χ1n) is 12.5. The van der Waals surface area contributed by atoms with E-state index in [1.807, 2.05) is 0 Å². The van der Waals surface area contributed by atoms with Gasteiger partial charge in [-0.3, -0.25) is 4.79 Å². The minimum atomic E-state index is -0.184. The first-order chi connectivity index (χ1) is 13.3. The number of hydrogen-bond acceptors (Lipinski definition) is 2. The summed E-state index contributed by atoms with van der Waals surface area (Å²) in [6.45, 7) is 12.1. The van der Waals surface area contributed by atoms with Crippen LogP contribution < -0.4 is 0 Å². The highest BCUT2D eigenvalue weighted by atomic mass is 16.3. The van der Waals surface area contributed by atoms with Gasteiger partial charge in [-0.05, 0) is 91.8 Å². The smallest absolute Gasteiger partial charge is 0.139 e. The van der Waals surface area contributed by atoms with E-state index in [0.717, 1.165) is 37.5 Å². The summed E-state index contributed by atoms with van der Waals surface area (Å²) in [6.07, 6.45) is 11.5. The molecular formula is C26H44O2. The number of ketones is 1. The average molecular weight is 389 g/mol. The maximum atomic E-state index is 13.9. The minimum Gasteiger partial charge on any atom is -0.393 e. The molecule has 160 valence electrons. The molecule has 0 saturated heterocycles. The summed E-state index contributed by atoms with van der Waals surface area (Å²) in [5, 5.41) is 10.4. The number of hydrogen-bond donors (Lipinski definition) is 1. The molecule has 0 aromatic rings. The maximum Gasteiger partial charge on any atom is 0.139 e. The molecule has 0 aliphatic heterocycles. The highest BCUT2D eigenvalue weighted by Crippen LogP contribution is 2.68. The zero-order valence-corrected chi connectivity index (χ0v) is 19.0. The monoisotopic (exact) mass is 388 g/mol. The molecule has 0 aromatic heterocycles. The van der Waals surface area contributed by atoms with Crippen LogP contribution in [0.1, 0.15) is 98.8 Å². The normalized spacial score (nSPS) is 51.9. The molecule has 10 atom stereocenters. The molecule has 0 amide bonds. The van der Waals surface area contributed by atoms with Gasteiger partial charge in [0.2, 0.25) is 0 Å². The molecule has 4 saturated carbocycles. The van der Waals surface area contributed by atoms with Crippen molar-refractivity contribution in [3.8, 4) is 0 Å². The lowest BCUT2D eigenvalue weighted by Gasteiger charge is -2.62. The van der Waals surface area contributed by atoms with Gasteiger partial charge < -0.3 is 5.11 Å². The fraction of sp³-hybridized carbons (Fsp3) is 0.962. The number of aliphatic hydroxyl groups is 1. The number of rotatable bonds is 4. The van der Waals surface area contributed by atoms with E-state index in [1.54, 1.807) is 0 Å². The Morgan fingerprint density at radius 2 is 1.68 bits per heavy atom. The van der Waals surface area contributed by atoms with Gasteiger partial charge in [-0.15, -0.1) is 0 Å². The molecule has 5 unspecified atom stereocenters. The molecule has 0 radical (unpaired) electrons. The van der Waals surface area contributed by atoms with E-state index in [0.29, 0.717) is 34.9 Å². The Labute approximate surface area is 173 Å². The van der Waals surface area contributed by atoms with Gasteiger partial charge in [-0.2, -0.15) is 0 Å². The summed E-state index contributed by atoms with van der Waals surface area (Å²) >= 11 is 0.